The van der Waals surface area contributed by atoms with Crippen molar-refractivity contribution in [2.75, 3.05) is 26.2 Å². The number of aliphatic hydroxyl groups excluding tert-OH is 1. The van der Waals surface area contributed by atoms with Crippen LogP contribution in [0.3, 0.4) is 0 Å². The normalized spacial score (nSPS) is 16.2. The molecule has 1 aliphatic rings. The Bertz CT molecular complexity index is 560. The third-order valence-corrected chi connectivity index (χ3v) is 5.16. The Labute approximate surface area is 151 Å². The molecule has 0 radical (unpaired) electrons. The molecule has 1 atom stereocenters. The summed E-state index contributed by atoms with van der Waals surface area (Å²) in [5.74, 6) is 0. The van der Waals surface area contributed by atoms with Gasteiger partial charge in [-0.2, -0.15) is 0 Å². The Balaban J connectivity index is 1.79. The number of aliphatic hydroxyl groups is 1. The lowest BCUT2D eigenvalue weighted by molar-refractivity contribution is 0.167. The van der Waals surface area contributed by atoms with Gasteiger partial charge in [-0.15, -0.1) is 0 Å². The maximum Gasteiger partial charge on any atom is 0.314 e. The molecule has 25 heavy (non-hydrogen) atoms. The van der Waals surface area contributed by atoms with E-state index in [4.69, 9.17) is 5.11 Å². The zero-order valence-electron chi connectivity index (χ0n) is 15.8. The summed E-state index contributed by atoms with van der Waals surface area (Å²) in [5, 5.41) is 15.0. The first-order valence-electron chi connectivity index (χ1n) is 9.38. The molecule has 0 saturated heterocycles. The fraction of sp³-hybridized carbons (Fsp3) is 0.650. The number of nitrogens with zero attached hydrogens (tertiary/aromatic N) is 1. The van der Waals surface area contributed by atoms with Crippen molar-refractivity contribution in [3.8, 4) is 0 Å². The number of urea groups is 1. The average Bonchev–Trinajstić information content (AvgIpc) is 2.60. The summed E-state index contributed by atoms with van der Waals surface area (Å²) in [5.41, 5.74) is 2.76. The van der Waals surface area contributed by atoms with Crippen LogP contribution in [0, 0.1) is 5.41 Å². The van der Waals surface area contributed by atoms with E-state index in [9.17, 15) is 4.79 Å². The molecule has 3 N–H and O–H groups in total. The second-order valence-corrected chi connectivity index (χ2v) is 7.75. The number of rotatable bonds is 8. The van der Waals surface area contributed by atoms with Gasteiger partial charge in [0.25, 0.3) is 0 Å². The minimum atomic E-state index is -0.123. The van der Waals surface area contributed by atoms with Crippen LogP contribution in [0.15, 0.2) is 24.3 Å². The molecule has 1 aromatic rings. The molecule has 140 valence electrons. The molecular formula is C20H33N3O2. The monoisotopic (exact) mass is 347 g/mol. The molecule has 0 saturated carbocycles. The predicted octanol–water partition coefficient (Wildman–Crippen LogP) is 2.53. The second kappa shape index (κ2) is 9.20. The Morgan fingerprint density at radius 3 is 2.68 bits per heavy atom. The molecule has 5 heteroatoms. The predicted molar refractivity (Wildman–Crippen MR) is 102 cm³/mol. The van der Waals surface area contributed by atoms with Crippen LogP contribution < -0.4 is 10.6 Å². The lowest BCUT2D eigenvalue weighted by Gasteiger charge is -2.35. The van der Waals surface area contributed by atoms with Crippen molar-refractivity contribution in [1.29, 1.82) is 0 Å². The molecule has 0 spiro atoms. The number of carbonyl (C=O) groups excluding carboxylic acids is 1. The molecule has 5 nitrogen and oxygen atoms in total. The van der Waals surface area contributed by atoms with E-state index in [1.54, 1.807) is 0 Å². The first-order chi connectivity index (χ1) is 11.9. The average molecular weight is 348 g/mol. The summed E-state index contributed by atoms with van der Waals surface area (Å²) in [7, 11) is 0. The van der Waals surface area contributed by atoms with Gasteiger partial charge in [0.1, 0.15) is 0 Å². The van der Waals surface area contributed by atoms with Crippen LogP contribution in [0.1, 0.15) is 44.7 Å². The van der Waals surface area contributed by atoms with E-state index >= 15 is 0 Å². The molecule has 0 fully saturated rings. The maximum atomic E-state index is 12.1. The summed E-state index contributed by atoms with van der Waals surface area (Å²) in [6.07, 6.45) is 2.77. The maximum absolute atomic E-state index is 12.1. The van der Waals surface area contributed by atoms with E-state index in [2.05, 4.69) is 46.7 Å². The van der Waals surface area contributed by atoms with E-state index < -0.39 is 0 Å². The zero-order valence-corrected chi connectivity index (χ0v) is 15.8. The van der Waals surface area contributed by atoms with Crippen LogP contribution in [-0.2, 0) is 13.0 Å². The number of carbonyl (C=O) groups is 1. The van der Waals surface area contributed by atoms with Gasteiger partial charge in [-0.3, -0.25) is 4.90 Å². The standard InChI is InChI=1S/C20H33N3O2/c1-4-18(13-21-19(25)22-15-20(2,3)10-12-24)23-11-9-16-7-5-6-8-17(16)14-23/h5-8,18,24H,4,9-15H2,1-3H3,(H2,21,22,25). The Morgan fingerprint density at radius 1 is 1.28 bits per heavy atom. The van der Waals surface area contributed by atoms with Crippen LogP contribution >= 0.6 is 0 Å². The molecule has 1 heterocycles. The van der Waals surface area contributed by atoms with Crippen LogP contribution in [0.5, 0.6) is 0 Å². The highest BCUT2D eigenvalue weighted by Crippen LogP contribution is 2.21. The Hall–Kier alpha value is -1.59. The molecule has 0 bridgehead atoms. The molecule has 1 unspecified atom stereocenters. The molecule has 0 aromatic heterocycles. The van der Waals surface area contributed by atoms with Gasteiger partial charge in [0.15, 0.2) is 0 Å². The minimum Gasteiger partial charge on any atom is -0.396 e. The lowest BCUT2D eigenvalue weighted by Crippen LogP contribution is -2.48. The number of benzene rings is 1. The molecule has 1 aromatic carbocycles. The SMILES string of the molecule is CCC(CNC(=O)NCC(C)(C)CCO)N1CCc2ccccc2C1. The van der Waals surface area contributed by atoms with Crippen LogP contribution in [0.25, 0.3) is 0 Å². The van der Waals surface area contributed by atoms with E-state index in [0.29, 0.717) is 25.6 Å². The van der Waals surface area contributed by atoms with E-state index in [1.165, 1.54) is 11.1 Å². The van der Waals surface area contributed by atoms with Crippen molar-refractivity contribution in [3.63, 3.8) is 0 Å². The van der Waals surface area contributed by atoms with Crippen molar-refractivity contribution < 1.29 is 9.90 Å². The van der Waals surface area contributed by atoms with Gasteiger partial charge in [0, 0.05) is 38.8 Å². The number of hydrogen-bond acceptors (Lipinski definition) is 3. The van der Waals surface area contributed by atoms with Crippen molar-refractivity contribution in [2.45, 2.75) is 52.6 Å². The van der Waals surface area contributed by atoms with E-state index in [-0.39, 0.29) is 18.1 Å². The Morgan fingerprint density at radius 2 is 2.00 bits per heavy atom. The van der Waals surface area contributed by atoms with Gasteiger partial charge in [0.2, 0.25) is 0 Å². The number of nitrogens with one attached hydrogen (secondary N) is 2. The highest BCUT2D eigenvalue weighted by atomic mass is 16.3. The fourth-order valence-corrected chi connectivity index (χ4v) is 3.34. The van der Waals surface area contributed by atoms with Crippen LogP contribution in [0.4, 0.5) is 4.79 Å². The van der Waals surface area contributed by atoms with Gasteiger partial charge >= 0.3 is 6.03 Å². The van der Waals surface area contributed by atoms with Gasteiger partial charge in [-0.25, -0.2) is 4.79 Å². The number of amides is 2. The van der Waals surface area contributed by atoms with E-state index in [1.807, 2.05) is 13.8 Å². The van der Waals surface area contributed by atoms with Gasteiger partial charge in [0.05, 0.1) is 0 Å². The van der Waals surface area contributed by atoms with Crippen LogP contribution in [-0.4, -0.2) is 48.3 Å². The smallest absolute Gasteiger partial charge is 0.314 e. The van der Waals surface area contributed by atoms with Gasteiger partial charge < -0.3 is 15.7 Å². The highest BCUT2D eigenvalue weighted by Gasteiger charge is 2.23. The largest absolute Gasteiger partial charge is 0.396 e. The van der Waals surface area contributed by atoms with Gasteiger partial charge in [-0.05, 0) is 35.8 Å². The van der Waals surface area contributed by atoms with Crippen molar-refractivity contribution in [3.05, 3.63) is 35.4 Å². The van der Waals surface area contributed by atoms with Crippen molar-refractivity contribution >= 4 is 6.03 Å². The summed E-state index contributed by atoms with van der Waals surface area (Å²) >= 11 is 0. The molecule has 1 aliphatic heterocycles. The third kappa shape index (κ3) is 6.01. The quantitative estimate of drug-likeness (QED) is 0.677. The third-order valence-electron chi connectivity index (χ3n) is 5.16. The summed E-state index contributed by atoms with van der Waals surface area (Å²) in [6, 6.07) is 8.86. The fourth-order valence-electron chi connectivity index (χ4n) is 3.34. The number of fused-ring (bicyclic) bond motifs is 1. The number of hydrogen-bond donors (Lipinski definition) is 3. The van der Waals surface area contributed by atoms with Gasteiger partial charge in [-0.1, -0.05) is 45.0 Å². The molecule has 2 rings (SSSR count). The first-order valence-corrected chi connectivity index (χ1v) is 9.38. The summed E-state index contributed by atoms with van der Waals surface area (Å²) in [6.45, 7) is 9.63. The zero-order chi connectivity index (χ0) is 18.3. The lowest BCUT2D eigenvalue weighted by atomic mass is 9.90. The molecule has 0 aliphatic carbocycles. The molecule has 2 amide bonds. The first kappa shape index (κ1) is 19.7. The Kier molecular flexibility index (Phi) is 7.26. The van der Waals surface area contributed by atoms with Crippen LogP contribution in [0.2, 0.25) is 0 Å². The minimum absolute atomic E-state index is 0.0904. The van der Waals surface area contributed by atoms with Crippen molar-refractivity contribution in [2.24, 2.45) is 5.41 Å². The summed E-state index contributed by atoms with van der Waals surface area (Å²) in [4.78, 5) is 14.6. The topological polar surface area (TPSA) is 64.6 Å². The second-order valence-electron chi connectivity index (χ2n) is 7.75. The molecular weight excluding hydrogens is 314 g/mol. The van der Waals surface area contributed by atoms with E-state index in [0.717, 1.165) is 25.9 Å². The highest BCUT2D eigenvalue weighted by molar-refractivity contribution is 5.73. The van der Waals surface area contributed by atoms with Crippen molar-refractivity contribution in [1.82, 2.24) is 15.5 Å². The summed E-state index contributed by atoms with van der Waals surface area (Å²) < 4.78 is 0.